The molecule has 0 radical (unpaired) electrons. The smallest absolute Gasteiger partial charge is 0.413 e. The minimum Gasteiger partial charge on any atom is -0.444 e. The Hall–Kier alpha value is -1.22. The van der Waals surface area contributed by atoms with Gasteiger partial charge in [-0.3, -0.25) is 5.32 Å². The Morgan fingerprint density at radius 2 is 2.25 bits per heavy atom. The van der Waals surface area contributed by atoms with E-state index in [9.17, 15) is 9.90 Å². The molecule has 0 bridgehead atoms. The average Bonchev–Trinajstić information content (AvgIpc) is 2.88. The molecule has 0 aliphatic carbocycles. The topological polar surface area (TPSA) is 107 Å². The van der Waals surface area contributed by atoms with Gasteiger partial charge in [-0.15, -0.1) is 11.3 Å². The summed E-state index contributed by atoms with van der Waals surface area (Å²) in [7, 11) is 0. The molecule has 0 saturated carbocycles. The molecule has 1 aliphatic heterocycles. The summed E-state index contributed by atoms with van der Waals surface area (Å²) in [6, 6.07) is 0. The van der Waals surface area contributed by atoms with Crippen LogP contribution < -0.4 is 11.1 Å². The molecule has 0 aromatic carbocycles. The van der Waals surface area contributed by atoms with Gasteiger partial charge >= 0.3 is 6.09 Å². The summed E-state index contributed by atoms with van der Waals surface area (Å²) in [5.41, 5.74) is 4.74. The van der Waals surface area contributed by atoms with Crippen molar-refractivity contribution in [3.8, 4) is 0 Å². The minimum atomic E-state index is -0.872. The maximum Gasteiger partial charge on any atom is 0.413 e. The molecule has 1 aromatic rings. The highest BCUT2D eigenvalue weighted by atomic mass is 32.1. The quantitative estimate of drug-likeness (QED) is 0.767. The number of hydrogen-bond acceptors (Lipinski definition) is 7. The first-order valence-corrected chi connectivity index (χ1v) is 8.83. The van der Waals surface area contributed by atoms with E-state index in [0.717, 1.165) is 0 Å². The number of amides is 1. The van der Waals surface area contributed by atoms with E-state index in [1.54, 1.807) is 26.2 Å². The fourth-order valence-corrected chi connectivity index (χ4v) is 3.61. The van der Waals surface area contributed by atoms with Gasteiger partial charge in [0, 0.05) is 17.9 Å². The number of aromatic nitrogens is 1. The summed E-state index contributed by atoms with van der Waals surface area (Å²) in [6.07, 6.45) is 0.0687. The lowest BCUT2D eigenvalue weighted by molar-refractivity contribution is -0.124. The van der Waals surface area contributed by atoms with Crippen LogP contribution in [0.5, 0.6) is 0 Å². The van der Waals surface area contributed by atoms with E-state index in [1.165, 1.54) is 11.3 Å². The second-order valence-electron chi connectivity index (χ2n) is 7.84. The molecular formula is C16H27N3O4S. The predicted octanol–water partition coefficient (Wildman–Crippen LogP) is 2.45. The third-order valence-corrected chi connectivity index (χ3v) is 4.96. The Bertz CT molecular complexity index is 596. The van der Waals surface area contributed by atoms with Crippen molar-refractivity contribution < 1.29 is 19.4 Å². The van der Waals surface area contributed by atoms with Crippen LogP contribution >= 0.6 is 11.3 Å². The van der Waals surface area contributed by atoms with Gasteiger partial charge in [0.1, 0.15) is 16.4 Å². The van der Waals surface area contributed by atoms with Crippen LogP contribution in [0.1, 0.15) is 46.0 Å². The van der Waals surface area contributed by atoms with Crippen molar-refractivity contribution in [2.45, 2.75) is 57.8 Å². The zero-order valence-electron chi connectivity index (χ0n) is 14.9. The van der Waals surface area contributed by atoms with Gasteiger partial charge in [-0.2, -0.15) is 0 Å². The number of aliphatic hydroxyl groups is 1. The number of rotatable bonds is 3. The standard InChI is InChI=1S/C16H27N3O4S/c1-14(2,3)23-13(21)19-11-8-24-12(18-11)16(17)9-22-15(4,5)6-10(16)7-20/h8,10,20H,6-7,9,17H2,1-5H3,(H,19,21)/t10-,16-/m0/s1. The first kappa shape index (κ1) is 19.1. The molecule has 0 unspecified atom stereocenters. The molecule has 1 saturated heterocycles. The molecule has 0 spiro atoms. The highest BCUT2D eigenvalue weighted by molar-refractivity contribution is 7.10. The third-order valence-electron chi connectivity index (χ3n) is 3.92. The molecule has 1 fully saturated rings. The van der Waals surface area contributed by atoms with E-state index in [0.29, 0.717) is 17.2 Å². The predicted molar refractivity (Wildman–Crippen MR) is 93.1 cm³/mol. The second kappa shape index (κ2) is 6.59. The largest absolute Gasteiger partial charge is 0.444 e. The minimum absolute atomic E-state index is 0.0440. The molecule has 2 atom stereocenters. The van der Waals surface area contributed by atoms with E-state index in [4.69, 9.17) is 15.2 Å². The fourth-order valence-electron chi connectivity index (χ4n) is 2.68. The summed E-state index contributed by atoms with van der Waals surface area (Å²) in [4.78, 5) is 16.2. The van der Waals surface area contributed by atoms with Gasteiger partial charge in [0.05, 0.1) is 17.7 Å². The number of thiazole rings is 1. The number of anilines is 1. The van der Waals surface area contributed by atoms with Gasteiger partial charge in [0.25, 0.3) is 0 Å². The van der Waals surface area contributed by atoms with Crippen molar-refractivity contribution in [2.24, 2.45) is 11.7 Å². The Labute approximate surface area is 146 Å². The number of carbonyl (C=O) groups excluding carboxylic acids is 1. The molecule has 8 heteroatoms. The molecule has 7 nitrogen and oxygen atoms in total. The van der Waals surface area contributed by atoms with Crippen LogP contribution in [0, 0.1) is 5.92 Å². The lowest BCUT2D eigenvalue weighted by atomic mass is 9.76. The van der Waals surface area contributed by atoms with Crippen LogP contribution in [0.2, 0.25) is 0 Å². The van der Waals surface area contributed by atoms with Crippen LogP contribution in [0.3, 0.4) is 0 Å². The van der Waals surface area contributed by atoms with Crippen molar-refractivity contribution in [3.05, 3.63) is 10.4 Å². The number of carbonyl (C=O) groups is 1. The zero-order valence-corrected chi connectivity index (χ0v) is 15.7. The van der Waals surface area contributed by atoms with Gasteiger partial charge < -0.3 is 20.3 Å². The van der Waals surface area contributed by atoms with E-state index in [2.05, 4.69) is 10.3 Å². The number of nitrogens with two attached hydrogens (primary N) is 1. The Morgan fingerprint density at radius 1 is 1.58 bits per heavy atom. The number of ether oxygens (including phenoxy) is 2. The first-order chi connectivity index (χ1) is 11.0. The molecule has 2 rings (SSSR count). The highest BCUT2D eigenvalue weighted by Crippen LogP contribution is 2.41. The number of hydrogen-bond donors (Lipinski definition) is 3. The van der Waals surface area contributed by atoms with Crippen molar-refractivity contribution in [1.82, 2.24) is 4.98 Å². The van der Waals surface area contributed by atoms with Crippen LogP contribution in [0.4, 0.5) is 10.6 Å². The van der Waals surface area contributed by atoms with Gasteiger partial charge in [-0.25, -0.2) is 9.78 Å². The molecule has 1 amide bonds. The molecule has 24 heavy (non-hydrogen) atoms. The van der Waals surface area contributed by atoms with Crippen LogP contribution in [0.15, 0.2) is 5.38 Å². The van der Waals surface area contributed by atoms with Crippen LogP contribution in [-0.4, -0.2) is 40.6 Å². The van der Waals surface area contributed by atoms with Gasteiger partial charge in [-0.05, 0) is 41.0 Å². The van der Waals surface area contributed by atoms with E-state index in [-0.39, 0.29) is 24.7 Å². The summed E-state index contributed by atoms with van der Waals surface area (Å²) >= 11 is 1.34. The normalized spacial score (nSPS) is 26.9. The first-order valence-electron chi connectivity index (χ1n) is 7.95. The SMILES string of the molecule is CC(C)(C)OC(=O)Nc1csc([C@]2(N)COC(C)(C)C[C@H]2CO)n1. The lowest BCUT2D eigenvalue weighted by Crippen LogP contribution is -2.57. The van der Waals surface area contributed by atoms with Crippen LogP contribution in [0.25, 0.3) is 0 Å². The van der Waals surface area contributed by atoms with Crippen LogP contribution in [-0.2, 0) is 15.0 Å². The van der Waals surface area contributed by atoms with Gasteiger partial charge in [0.2, 0.25) is 0 Å². The second-order valence-corrected chi connectivity index (χ2v) is 8.70. The van der Waals surface area contributed by atoms with Crippen molar-refractivity contribution >= 4 is 23.2 Å². The maximum absolute atomic E-state index is 11.8. The van der Waals surface area contributed by atoms with Gasteiger partial charge in [-0.1, -0.05) is 0 Å². The molecule has 4 N–H and O–H groups in total. The average molecular weight is 357 g/mol. The fraction of sp³-hybridized carbons (Fsp3) is 0.750. The van der Waals surface area contributed by atoms with Crippen molar-refractivity contribution in [3.63, 3.8) is 0 Å². The van der Waals surface area contributed by atoms with E-state index < -0.39 is 17.2 Å². The summed E-state index contributed by atoms with van der Waals surface area (Å²) in [6.45, 7) is 9.56. The molecule has 1 aliphatic rings. The Balaban J connectivity index is 2.13. The summed E-state index contributed by atoms with van der Waals surface area (Å²) < 4.78 is 11.1. The molecule has 136 valence electrons. The zero-order chi connectivity index (χ0) is 18.2. The van der Waals surface area contributed by atoms with Gasteiger partial charge in [0.15, 0.2) is 0 Å². The Morgan fingerprint density at radius 3 is 2.83 bits per heavy atom. The summed E-state index contributed by atoms with van der Waals surface area (Å²) in [5.74, 6) is 0.220. The summed E-state index contributed by atoms with van der Waals surface area (Å²) in [5, 5.41) is 14.7. The van der Waals surface area contributed by atoms with Crippen molar-refractivity contribution in [2.75, 3.05) is 18.5 Å². The van der Waals surface area contributed by atoms with E-state index >= 15 is 0 Å². The Kier molecular flexibility index (Phi) is 5.25. The molecular weight excluding hydrogens is 330 g/mol. The lowest BCUT2D eigenvalue weighted by Gasteiger charge is -2.45. The van der Waals surface area contributed by atoms with E-state index in [1.807, 2.05) is 13.8 Å². The monoisotopic (exact) mass is 357 g/mol. The number of aliphatic hydroxyl groups excluding tert-OH is 1. The number of nitrogens with zero attached hydrogens (tertiary/aromatic N) is 1. The molecule has 1 aromatic heterocycles. The number of nitrogens with one attached hydrogen (secondary N) is 1. The molecule has 2 heterocycles. The highest BCUT2D eigenvalue weighted by Gasteiger charge is 2.47. The maximum atomic E-state index is 11.8. The van der Waals surface area contributed by atoms with Crippen molar-refractivity contribution in [1.29, 1.82) is 0 Å². The third kappa shape index (κ3) is 4.44.